The van der Waals surface area contributed by atoms with Crippen molar-refractivity contribution in [1.82, 2.24) is 25.6 Å². The Morgan fingerprint density at radius 1 is 1.04 bits per heavy atom. The Bertz CT molecular complexity index is 926. The lowest BCUT2D eigenvalue weighted by atomic mass is 10.2. The first kappa shape index (κ1) is 17.6. The maximum atomic E-state index is 12.4. The van der Waals surface area contributed by atoms with Gasteiger partial charge in [0.05, 0.1) is 12.2 Å². The van der Waals surface area contributed by atoms with Gasteiger partial charge in [-0.3, -0.25) is 25.4 Å². The summed E-state index contributed by atoms with van der Waals surface area (Å²) in [6.45, 7) is 2.13. The Kier molecular flexibility index (Phi) is 5.28. The van der Waals surface area contributed by atoms with Gasteiger partial charge in [0, 0.05) is 18.0 Å². The summed E-state index contributed by atoms with van der Waals surface area (Å²) in [5, 5.41) is 4.52. The normalized spacial score (nSPS) is 10.4. The summed E-state index contributed by atoms with van der Waals surface area (Å²) < 4.78 is 1.55. The zero-order valence-electron chi connectivity index (χ0n) is 13.9. The molecule has 3 rings (SSSR count). The molecular formula is C18H16ClN5O2. The van der Waals surface area contributed by atoms with Crippen molar-refractivity contribution in [2.24, 2.45) is 0 Å². The van der Waals surface area contributed by atoms with Crippen molar-refractivity contribution in [2.45, 2.75) is 13.5 Å². The average Bonchev–Trinajstić information content (AvgIpc) is 2.94. The predicted octanol–water partition coefficient (Wildman–Crippen LogP) is 2.36. The summed E-state index contributed by atoms with van der Waals surface area (Å²) in [6.07, 6.45) is 2.98. The molecule has 0 radical (unpaired) electrons. The molecule has 0 saturated carbocycles. The molecule has 0 saturated heterocycles. The highest BCUT2D eigenvalue weighted by Gasteiger charge is 2.21. The van der Waals surface area contributed by atoms with E-state index in [-0.39, 0.29) is 10.7 Å². The topological polar surface area (TPSA) is 88.9 Å². The summed E-state index contributed by atoms with van der Waals surface area (Å²) in [6, 6.07) is 12.7. The minimum Gasteiger partial charge on any atom is -0.267 e. The molecule has 132 valence electrons. The summed E-state index contributed by atoms with van der Waals surface area (Å²) in [5.41, 5.74) is 6.79. The first-order valence-corrected chi connectivity index (χ1v) is 8.21. The molecule has 0 bridgehead atoms. The highest BCUT2D eigenvalue weighted by molar-refractivity contribution is 6.33. The van der Waals surface area contributed by atoms with E-state index in [1.807, 2.05) is 30.3 Å². The van der Waals surface area contributed by atoms with Crippen LogP contribution in [0.4, 0.5) is 0 Å². The molecule has 3 aromatic rings. The number of halogens is 1. The van der Waals surface area contributed by atoms with Crippen LogP contribution < -0.4 is 10.9 Å². The molecule has 0 aliphatic carbocycles. The molecule has 0 spiro atoms. The van der Waals surface area contributed by atoms with E-state index in [1.54, 1.807) is 11.6 Å². The Morgan fingerprint density at radius 2 is 1.69 bits per heavy atom. The molecule has 0 unspecified atom stereocenters. The number of nitrogens with zero attached hydrogens (tertiary/aromatic N) is 3. The zero-order valence-corrected chi connectivity index (χ0v) is 14.7. The van der Waals surface area contributed by atoms with Crippen LogP contribution >= 0.6 is 11.6 Å². The molecule has 0 fully saturated rings. The van der Waals surface area contributed by atoms with E-state index in [0.717, 1.165) is 5.56 Å². The van der Waals surface area contributed by atoms with Crippen LogP contribution in [0.25, 0.3) is 0 Å². The van der Waals surface area contributed by atoms with E-state index >= 15 is 0 Å². The third kappa shape index (κ3) is 3.89. The minimum atomic E-state index is -0.533. The molecule has 2 amide bonds. The maximum absolute atomic E-state index is 12.4. The van der Waals surface area contributed by atoms with Crippen molar-refractivity contribution in [3.05, 3.63) is 82.4 Å². The van der Waals surface area contributed by atoms with E-state index in [4.69, 9.17) is 11.6 Å². The Hall–Kier alpha value is -3.19. The summed E-state index contributed by atoms with van der Waals surface area (Å²) in [7, 11) is 0. The lowest BCUT2D eigenvalue weighted by Crippen LogP contribution is -2.41. The molecule has 26 heavy (non-hydrogen) atoms. The molecule has 0 aliphatic heterocycles. The second-order valence-corrected chi connectivity index (χ2v) is 5.90. The number of pyridine rings is 1. The number of rotatable bonds is 4. The van der Waals surface area contributed by atoms with E-state index < -0.39 is 11.8 Å². The molecule has 8 heteroatoms. The van der Waals surface area contributed by atoms with Crippen LogP contribution in [0.5, 0.6) is 0 Å². The van der Waals surface area contributed by atoms with E-state index in [0.29, 0.717) is 17.8 Å². The van der Waals surface area contributed by atoms with E-state index in [2.05, 4.69) is 20.9 Å². The average molecular weight is 370 g/mol. The fraction of sp³-hybridized carbons (Fsp3) is 0.111. The minimum absolute atomic E-state index is 0.210. The number of aromatic nitrogens is 3. The standard InChI is InChI=1S/C18H16ClN5O2/c1-12-15(16(19)24(23-12)11-13-5-3-2-4-6-13)18(26)22-21-17(25)14-7-9-20-10-8-14/h2-10H,11H2,1H3,(H,21,25)(H,22,26). The zero-order chi connectivity index (χ0) is 18.5. The van der Waals surface area contributed by atoms with E-state index in [1.165, 1.54) is 24.5 Å². The highest BCUT2D eigenvalue weighted by atomic mass is 35.5. The van der Waals surface area contributed by atoms with Gasteiger partial charge >= 0.3 is 0 Å². The van der Waals surface area contributed by atoms with Gasteiger partial charge in [0.15, 0.2) is 0 Å². The quantitative estimate of drug-likeness (QED) is 0.691. The molecular weight excluding hydrogens is 354 g/mol. The van der Waals surface area contributed by atoms with Crippen molar-refractivity contribution in [2.75, 3.05) is 0 Å². The van der Waals surface area contributed by atoms with Crippen LogP contribution in [-0.4, -0.2) is 26.6 Å². The molecule has 2 aromatic heterocycles. The van der Waals surface area contributed by atoms with Crippen LogP contribution in [0.3, 0.4) is 0 Å². The van der Waals surface area contributed by atoms with Gasteiger partial charge in [-0.05, 0) is 24.6 Å². The van der Waals surface area contributed by atoms with Crippen molar-refractivity contribution in [1.29, 1.82) is 0 Å². The third-order valence-electron chi connectivity index (χ3n) is 3.70. The van der Waals surface area contributed by atoms with Crippen LogP contribution in [0.1, 0.15) is 32.0 Å². The van der Waals surface area contributed by atoms with Crippen molar-refractivity contribution >= 4 is 23.4 Å². The fourth-order valence-electron chi connectivity index (χ4n) is 2.42. The first-order valence-electron chi connectivity index (χ1n) is 7.84. The second-order valence-electron chi connectivity index (χ2n) is 5.54. The number of carbonyl (C=O) groups is 2. The third-order valence-corrected chi connectivity index (χ3v) is 4.08. The SMILES string of the molecule is Cc1nn(Cc2ccccc2)c(Cl)c1C(=O)NNC(=O)c1ccncc1. The number of hydrazine groups is 1. The molecule has 0 aliphatic rings. The van der Waals surface area contributed by atoms with Gasteiger partial charge in [0.25, 0.3) is 11.8 Å². The summed E-state index contributed by atoms with van der Waals surface area (Å²) in [5.74, 6) is -0.986. The van der Waals surface area contributed by atoms with Crippen molar-refractivity contribution in [3.63, 3.8) is 0 Å². The first-order chi connectivity index (χ1) is 12.6. The predicted molar refractivity (Wildman–Crippen MR) is 96.7 cm³/mol. The maximum Gasteiger partial charge on any atom is 0.274 e. The number of benzene rings is 1. The van der Waals surface area contributed by atoms with Gasteiger partial charge in [-0.15, -0.1) is 0 Å². The van der Waals surface area contributed by atoms with E-state index in [9.17, 15) is 9.59 Å². The van der Waals surface area contributed by atoms with Crippen LogP contribution in [0, 0.1) is 6.92 Å². The molecule has 2 heterocycles. The number of aryl methyl sites for hydroxylation is 1. The number of hydrogen-bond acceptors (Lipinski definition) is 4. The smallest absolute Gasteiger partial charge is 0.267 e. The Balaban J connectivity index is 1.70. The van der Waals surface area contributed by atoms with Crippen molar-refractivity contribution in [3.8, 4) is 0 Å². The lowest BCUT2D eigenvalue weighted by Gasteiger charge is -2.07. The van der Waals surface area contributed by atoms with Crippen LogP contribution in [-0.2, 0) is 6.54 Å². The van der Waals surface area contributed by atoms with Gasteiger partial charge < -0.3 is 0 Å². The van der Waals surface area contributed by atoms with Crippen molar-refractivity contribution < 1.29 is 9.59 Å². The number of nitrogens with one attached hydrogen (secondary N) is 2. The van der Waals surface area contributed by atoms with Crippen LogP contribution in [0.2, 0.25) is 5.15 Å². The molecule has 2 N–H and O–H groups in total. The van der Waals surface area contributed by atoms with Gasteiger partial charge in [-0.25, -0.2) is 4.68 Å². The molecule has 7 nitrogen and oxygen atoms in total. The van der Waals surface area contributed by atoms with Crippen LogP contribution in [0.15, 0.2) is 54.9 Å². The van der Waals surface area contributed by atoms with Gasteiger partial charge in [0.2, 0.25) is 0 Å². The monoisotopic (exact) mass is 369 g/mol. The highest BCUT2D eigenvalue weighted by Crippen LogP contribution is 2.20. The lowest BCUT2D eigenvalue weighted by molar-refractivity contribution is 0.0846. The number of hydrogen-bond donors (Lipinski definition) is 2. The largest absolute Gasteiger partial charge is 0.274 e. The van der Waals surface area contributed by atoms with Gasteiger partial charge in [0.1, 0.15) is 10.7 Å². The summed E-state index contributed by atoms with van der Waals surface area (Å²) in [4.78, 5) is 28.2. The van der Waals surface area contributed by atoms with Gasteiger partial charge in [-0.2, -0.15) is 5.10 Å². The fourth-order valence-corrected chi connectivity index (χ4v) is 2.74. The molecule has 0 atom stereocenters. The number of amides is 2. The Morgan fingerprint density at radius 3 is 2.38 bits per heavy atom. The van der Waals surface area contributed by atoms with Gasteiger partial charge in [-0.1, -0.05) is 41.9 Å². The summed E-state index contributed by atoms with van der Waals surface area (Å²) >= 11 is 6.33. The number of carbonyl (C=O) groups excluding carboxylic acids is 2. The molecule has 1 aromatic carbocycles. The Labute approximate surface area is 155 Å². The second kappa shape index (κ2) is 7.79.